The summed E-state index contributed by atoms with van der Waals surface area (Å²) in [6.07, 6.45) is 8.07. The van der Waals surface area contributed by atoms with E-state index >= 15 is 0 Å². The van der Waals surface area contributed by atoms with Gasteiger partial charge < -0.3 is 24.2 Å². The zero-order chi connectivity index (χ0) is 35.7. The van der Waals surface area contributed by atoms with Crippen LogP contribution in [0.2, 0.25) is 5.15 Å². The van der Waals surface area contributed by atoms with Crippen LogP contribution >= 0.6 is 11.6 Å². The Balaban J connectivity index is 1.03. The van der Waals surface area contributed by atoms with Gasteiger partial charge in [0.15, 0.2) is 16.7 Å². The fraction of sp³-hybridized carbons (Fsp3) is 0.588. The minimum absolute atomic E-state index is 0.0334. The summed E-state index contributed by atoms with van der Waals surface area (Å²) in [5.74, 6) is 0.510. The van der Waals surface area contributed by atoms with Gasteiger partial charge in [0.2, 0.25) is 10.9 Å². The van der Waals surface area contributed by atoms with Gasteiger partial charge in [0, 0.05) is 44.2 Å². The van der Waals surface area contributed by atoms with Crippen molar-refractivity contribution in [1.29, 1.82) is 0 Å². The Morgan fingerprint density at radius 1 is 1.12 bits per heavy atom. The van der Waals surface area contributed by atoms with E-state index in [0.717, 1.165) is 52.0 Å². The molecule has 3 aliphatic rings. The first-order valence-corrected chi connectivity index (χ1v) is 18.7. The number of amides is 1. The monoisotopic (exact) mass is 732 g/mol. The van der Waals surface area contributed by atoms with Crippen LogP contribution < -0.4 is 13.9 Å². The second-order valence-corrected chi connectivity index (χ2v) is 15.5. The summed E-state index contributed by atoms with van der Waals surface area (Å²) in [5, 5.41) is 4.37. The van der Waals surface area contributed by atoms with E-state index in [1.807, 2.05) is 27.7 Å². The molecule has 3 fully saturated rings. The Bertz CT molecular complexity index is 1730. The van der Waals surface area contributed by atoms with Crippen LogP contribution in [0.1, 0.15) is 63.7 Å². The molecule has 2 aromatic heterocycles. The Morgan fingerprint density at radius 2 is 1.84 bits per heavy atom. The van der Waals surface area contributed by atoms with Crippen molar-refractivity contribution < 1.29 is 27.1 Å². The molecule has 2 atom stereocenters. The first-order valence-electron chi connectivity index (χ1n) is 17.2. The van der Waals surface area contributed by atoms with Crippen molar-refractivity contribution in [3.05, 3.63) is 53.5 Å². The van der Waals surface area contributed by atoms with E-state index in [1.165, 1.54) is 39.7 Å². The van der Waals surface area contributed by atoms with Crippen molar-refractivity contribution in [2.75, 3.05) is 48.5 Å². The van der Waals surface area contributed by atoms with Crippen LogP contribution in [0.4, 0.5) is 15.9 Å². The first-order chi connectivity index (χ1) is 23.9. The highest BCUT2D eigenvalue weighted by molar-refractivity contribution is 7.74. The van der Waals surface area contributed by atoms with Crippen molar-refractivity contribution in [3.63, 3.8) is 0 Å². The molecule has 1 aromatic carbocycles. The van der Waals surface area contributed by atoms with Gasteiger partial charge in [-0.05, 0) is 84.7 Å². The van der Waals surface area contributed by atoms with Gasteiger partial charge in [0.05, 0.1) is 36.7 Å². The fourth-order valence-corrected chi connectivity index (χ4v) is 8.55. The molecule has 0 saturated carbocycles. The predicted octanol–water partition coefficient (Wildman–Crippen LogP) is 4.54. The van der Waals surface area contributed by atoms with E-state index in [1.54, 1.807) is 18.1 Å². The largest absolute Gasteiger partial charge is 0.451 e. The van der Waals surface area contributed by atoms with Gasteiger partial charge in [-0.15, -0.1) is 0 Å². The molecule has 0 N–H and O–H groups in total. The summed E-state index contributed by atoms with van der Waals surface area (Å²) in [4.78, 5) is 28.6. The summed E-state index contributed by atoms with van der Waals surface area (Å²) in [7, 11) is -1.22. The maximum absolute atomic E-state index is 14.4. The standard InChI is InChI=1S/C34H46ClFN8O5S/c1-22(2)43(23(3)4)33(45)27-14-24(36)6-9-29(27)49-30-16-37-21-38-32(30)42-19-34(20-42)10-12-41(13-11-34)17-26-8-7-25(18-48-26)44(50(46)47)28-15-39-40(5)31(28)35/h6,9,14-16,21-23,25-26,50H,7-8,10-13,17-20H2,1-5H3/t25-,26+/m1/s1. The van der Waals surface area contributed by atoms with Gasteiger partial charge >= 0.3 is 0 Å². The van der Waals surface area contributed by atoms with Gasteiger partial charge in [-0.25, -0.2) is 22.8 Å². The number of halogens is 2. The Hall–Kier alpha value is -3.53. The molecule has 3 saturated heterocycles. The van der Waals surface area contributed by atoms with Crippen LogP contribution in [0, 0.1) is 11.2 Å². The third-order valence-electron chi connectivity index (χ3n) is 10.1. The van der Waals surface area contributed by atoms with E-state index in [9.17, 15) is 17.6 Å². The van der Waals surface area contributed by atoms with E-state index in [2.05, 4.69) is 24.9 Å². The number of aryl methyl sites for hydroxylation is 1. The Kier molecular flexibility index (Phi) is 10.9. The maximum Gasteiger partial charge on any atom is 0.258 e. The number of rotatable bonds is 11. The number of likely N-dealkylation sites (tertiary alicyclic amines) is 1. The van der Waals surface area contributed by atoms with E-state index < -0.39 is 16.7 Å². The van der Waals surface area contributed by atoms with Gasteiger partial charge in [0.25, 0.3) is 5.91 Å². The van der Waals surface area contributed by atoms with Crippen LogP contribution in [0.3, 0.4) is 0 Å². The number of thiol groups is 1. The Morgan fingerprint density at radius 3 is 2.44 bits per heavy atom. The van der Waals surface area contributed by atoms with Crippen molar-refractivity contribution in [2.45, 2.75) is 77.6 Å². The van der Waals surface area contributed by atoms with E-state index in [4.69, 9.17) is 21.1 Å². The predicted molar refractivity (Wildman–Crippen MR) is 189 cm³/mol. The van der Waals surface area contributed by atoms with Gasteiger partial charge in [-0.1, -0.05) is 11.6 Å². The van der Waals surface area contributed by atoms with Crippen LogP contribution in [0.25, 0.3) is 0 Å². The molecule has 13 nitrogen and oxygen atoms in total. The molecule has 16 heteroatoms. The smallest absolute Gasteiger partial charge is 0.258 e. The van der Waals surface area contributed by atoms with Crippen LogP contribution in [0.5, 0.6) is 11.5 Å². The summed E-state index contributed by atoms with van der Waals surface area (Å²) in [6.45, 7) is 12.4. The molecular weight excluding hydrogens is 687 g/mol. The lowest BCUT2D eigenvalue weighted by Crippen LogP contribution is -2.61. The van der Waals surface area contributed by atoms with E-state index in [0.29, 0.717) is 30.3 Å². The van der Waals surface area contributed by atoms with Gasteiger partial charge in [-0.3, -0.25) is 13.8 Å². The number of benzene rings is 1. The zero-order valence-corrected chi connectivity index (χ0v) is 30.8. The fourth-order valence-electron chi connectivity index (χ4n) is 7.54. The average Bonchev–Trinajstić information content (AvgIpc) is 3.38. The van der Waals surface area contributed by atoms with Crippen LogP contribution in [-0.2, 0) is 22.7 Å². The topological polar surface area (TPSA) is 126 Å². The lowest BCUT2D eigenvalue weighted by Gasteiger charge is -2.54. The van der Waals surface area contributed by atoms with E-state index in [-0.39, 0.29) is 52.0 Å². The summed E-state index contributed by atoms with van der Waals surface area (Å²) in [5.41, 5.74) is 0.693. The molecular formula is C34H46ClFN8O5S. The third-order valence-corrected chi connectivity index (χ3v) is 11.4. The number of carbonyl (C=O) groups excluding carboxylic acids is 1. The molecule has 50 heavy (non-hydrogen) atoms. The number of ether oxygens (including phenoxy) is 2. The van der Waals surface area contributed by atoms with Crippen molar-refractivity contribution in [2.24, 2.45) is 12.5 Å². The normalized spacial score (nSPS) is 20.8. The molecule has 0 radical (unpaired) electrons. The third kappa shape index (κ3) is 7.55. The molecule has 1 amide bonds. The SMILES string of the molecule is CC(C)N(C(=O)c1cc(F)ccc1Oc1cncnc1N1CC2(CCN(C[C@@H]3CC[C@@H](N(c4cnn(C)c4Cl)[SH](=O)=O)CO3)CC2)C1)C(C)C. The minimum Gasteiger partial charge on any atom is -0.451 e. The summed E-state index contributed by atoms with van der Waals surface area (Å²) in [6, 6.07) is 3.53. The lowest BCUT2D eigenvalue weighted by atomic mass is 9.72. The van der Waals surface area contributed by atoms with Gasteiger partial charge in [-0.2, -0.15) is 5.10 Å². The second-order valence-electron chi connectivity index (χ2n) is 14.2. The highest BCUT2D eigenvalue weighted by Crippen LogP contribution is 2.45. The van der Waals surface area contributed by atoms with Gasteiger partial charge in [0.1, 0.15) is 23.6 Å². The number of anilines is 2. The minimum atomic E-state index is -2.90. The molecule has 0 unspecified atom stereocenters. The zero-order valence-electron chi connectivity index (χ0n) is 29.2. The highest BCUT2D eigenvalue weighted by Gasteiger charge is 2.46. The summed E-state index contributed by atoms with van der Waals surface area (Å²) < 4.78 is 53.9. The van der Waals surface area contributed by atoms with Crippen molar-refractivity contribution in [3.8, 4) is 11.5 Å². The average molecular weight is 733 g/mol. The molecule has 5 heterocycles. The van der Waals surface area contributed by atoms with Crippen LogP contribution in [0.15, 0.2) is 36.9 Å². The number of hydrogen-bond donors (Lipinski definition) is 1. The maximum atomic E-state index is 14.4. The Labute approximate surface area is 299 Å². The number of aromatic nitrogens is 4. The summed E-state index contributed by atoms with van der Waals surface area (Å²) >= 11 is 6.30. The molecule has 3 aromatic rings. The highest BCUT2D eigenvalue weighted by atomic mass is 35.5. The lowest BCUT2D eigenvalue weighted by molar-refractivity contribution is -0.0269. The first kappa shape index (κ1) is 36.3. The van der Waals surface area contributed by atoms with Crippen molar-refractivity contribution >= 4 is 39.9 Å². The molecule has 3 aliphatic heterocycles. The molecule has 0 aliphatic carbocycles. The molecule has 6 rings (SSSR count). The molecule has 272 valence electrons. The van der Waals surface area contributed by atoms with Crippen molar-refractivity contribution in [1.82, 2.24) is 29.5 Å². The second kappa shape index (κ2) is 15.0. The molecule has 1 spiro atoms. The number of hydrogen-bond acceptors (Lipinski definition) is 10. The number of piperidine rings is 1. The quantitative estimate of drug-likeness (QED) is 0.281. The van der Waals surface area contributed by atoms with Crippen LogP contribution in [-0.4, -0.2) is 107 Å². The number of carbonyl (C=O) groups is 1. The number of nitrogens with zero attached hydrogens (tertiary/aromatic N) is 8. The molecule has 0 bridgehead atoms.